The normalized spacial score (nSPS) is 16.1. The molecule has 0 radical (unpaired) electrons. The molecular weight excluding hydrogens is 424 g/mol. The summed E-state index contributed by atoms with van der Waals surface area (Å²) in [6.45, 7) is 13.0. The van der Waals surface area contributed by atoms with Crippen molar-refractivity contribution >= 4 is 25.6 Å². The first-order chi connectivity index (χ1) is 14.9. The van der Waals surface area contributed by atoms with Gasteiger partial charge < -0.3 is 14.1 Å². The molecular formula is C24H32N2O5Si. The Morgan fingerprint density at radius 3 is 2.50 bits per heavy atom. The van der Waals surface area contributed by atoms with Crippen molar-refractivity contribution in [2.24, 2.45) is 0 Å². The highest BCUT2D eigenvalue weighted by Gasteiger charge is 2.41. The van der Waals surface area contributed by atoms with Crippen LogP contribution in [0.3, 0.4) is 0 Å². The lowest BCUT2D eigenvalue weighted by Gasteiger charge is -2.38. The van der Waals surface area contributed by atoms with Crippen LogP contribution < -0.4 is 9.64 Å². The van der Waals surface area contributed by atoms with Gasteiger partial charge in [-0.3, -0.25) is 14.9 Å². The van der Waals surface area contributed by atoms with Crippen molar-refractivity contribution in [3.8, 4) is 5.75 Å². The van der Waals surface area contributed by atoms with E-state index >= 15 is 0 Å². The van der Waals surface area contributed by atoms with E-state index in [-0.39, 0.29) is 22.3 Å². The van der Waals surface area contributed by atoms with Crippen molar-refractivity contribution in [2.75, 3.05) is 18.6 Å². The number of para-hydroxylation sites is 1. The second-order valence-corrected chi connectivity index (χ2v) is 14.6. The number of methoxy groups -OCH3 is 1. The molecule has 2 aromatic carbocycles. The average Bonchev–Trinajstić information content (AvgIpc) is 3.09. The smallest absolute Gasteiger partial charge is 0.282 e. The Morgan fingerprint density at radius 1 is 1.25 bits per heavy atom. The Kier molecular flexibility index (Phi) is 6.49. The average molecular weight is 457 g/mol. The zero-order valence-corrected chi connectivity index (χ0v) is 20.9. The summed E-state index contributed by atoms with van der Waals surface area (Å²) in [6.07, 6.45) is 0.646. The van der Waals surface area contributed by atoms with Crippen molar-refractivity contribution in [1.82, 2.24) is 0 Å². The standard InChI is InChI=1S/C24H32N2O5Si/c1-16-12-21(26(28)29)19(14-22(16)30-5)23(27)25-18(13-17-10-8-9-11-20(17)25)15-31-32(6,7)24(2,3)4/h8-12,14,18H,13,15H2,1-7H3/t18-/m0/s1. The molecule has 0 unspecified atom stereocenters. The topological polar surface area (TPSA) is 81.9 Å². The third-order valence-electron chi connectivity index (χ3n) is 6.67. The van der Waals surface area contributed by atoms with E-state index in [0.717, 1.165) is 11.3 Å². The predicted molar refractivity (Wildman–Crippen MR) is 128 cm³/mol. The number of carbonyl (C=O) groups is 1. The lowest BCUT2D eigenvalue weighted by atomic mass is 10.1. The van der Waals surface area contributed by atoms with Crippen LogP contribution in [0.25, 0.3) is 0 Å². The number of fused-ring (bicyclic) bond motifs is 1. The summed E-state index contributed by atoms with van der Waals surface area (Å²) >= 11 is 0. The first-order valence-corrected chi connectivity index (χ1v) is 13.7. The number of amides is 1. The minimum atomic E-state index is -2.04. The fourth-order valence-electron chi connectivity index (χ4n) is 3.73. The number of rotatable bonds is 6. The van der Waals surface area contributed by atoms with Gasteiger partial charge in [0.25, 0.3) is 11.6 Å². The number of benzene rings is 2. The molecule has 32 heavy (non-hydrogen) atoms. The van der Waals surface area contributed by atoms with Gasteiger partial charge in [-0.25, -0.2) is 0 Å². The second kappa shape index (κ2) is 8.67. The van der Waals surface area contributed by atoms with Crippen LogP contribution in [0.4, 0.5) is 11.4 Å². The minimum Gasteiger partial charge on any atom is -0.496 e. The summed E-state index contributed by atoms with van der Waals surface area (Å²) in [5.41, 5.74) is 2.21. The van der Waals surface area contributed by atoms with Crippen LogP contribution in [0.5, 0.6) is 5.75 Å². The molecule has 1 atom stereocenters. The monoisotopic (exact) mass is 456 g/mol. The molecule has 0 fully saturated rings. The molecule has 172 valence electrons. The van der Waals surface area contributed by atoms with Crippen molar-refractivity contribution in [1.29, 1.82) is 0 Å². The number of aryl methyl sites for hydroxylation is 1. The Hall–Kier alpha value is -2.71. The highest BCUT2D eigenvalue weighted by Crippen LogP contribution is 2.39. The lowest BCUT2D eigenvalue weighted by Crippen LogP contribution is -2.47. The van der Waals surface area contributed by atoms with Gasteiger partial charge in [-0.2, -0.15) is 0 Å². The summed E-state index contributed by atoms with van der Waals surface area (Å²) in [6, 6.07) is 10.3. The molecule has 7 nitrogen and oxygen atoms in total. The number of nitro benzene ring substituents is 1. The van der Waals surface area contributed by atoms with E-state index in [4.69, 9.17) is 9.16 Å². The molecule has 0 spiro atoms. The summed E-state index contributed by atoms with van der Waals surface area (Å²) in [4.78, 5) is 26.7. The van der Waals surface area contributed by atoms with Crippen LogP contribution in [0.1, 0.15) is 42.3 Å². The van der Waals surface area contributed by atoms with Gasteiger partial charge in [0, 0.05) is 17.8 Å². The summed E-state index contributed by atoms with van der Waals surface area (Å²) < 4.78 is 11.8. The van der Waals surface area contributed by atoms with Crippen molar-refractivity contribution in [3.05, 3.63) is 63.2 Å². The van der Waals surface area contributed by atoms with Gasteiger partial charge in [0.15, 0.2) is 8.32 Å². The number of carbonyl (C=O) groups excluding carboxylic acids is 1. The molecule has 0 aliphatic carbocycles. The van der Waals surface area contributed by atoms with E-state index in [0.29, 0.717) is 24.3 Å². The Bertz CT molecular complexity index is 1050. The molecule has 0 saturated carbocycles. The number of nitro groups is 1. The maximum absolute atomic E-state index is 13.8. The Morgan fingerprint density at radius 2 is 1.91 bits per heavy atom. The number of nitrogens with zero attached hydrogens (tertiary/aromatic N) is 2. The van der Waals surface area contributed by atoms with Crippen LogP contribution in [0.15, 0.2) is 36.4 Å². The molecule has 0 N–H and O–H groups in total. The zero-order valence-electron chi connectivity index (χ0n) is 19.9. The molecule has 1 aliphatic rings. The Labute approximate surface area is 190 Å². The summed E-state index contributed by atoms with van der Waals surface area (Å²) in [5.74, 6) is 0.0317. The highest BCUT2D eigenvalue weighted by atomic mass is 28.4. The van der Waals surface area contributed by atoms with Gasteiger partial charge in [-0.15, -0.1) is 0 Å². The number of anilines is 1. The third-order valence-corrected chi connectivity index (χ3v) is 11.2. The first-order valence-electron chi connectivity index (χ1n) is 10.8. The number of hydrogen-bond donors (Lipinski definition) is 0. The number of hydrogen-bond acceptors (Lipinski definition) is 5. The first kappa shape index (κ1) is 23.9. The Balaban J connectivity index is 2.03. The largest absolute Gasteiger partial charge is 0.496 e. The molecule has 1 heterocycles. The fourth-order valence-corrected chi connectivity index (χ4v) is 4.78. The third kappa shape index (κ3) is 4.42. The molecule has 0 bridgehead atoms. The summed E-state index contributed by atoms with van der Waals surface area (Å²) in [7, 11) is -0.547. The quantitative estimate of drug-likeness (QED) is 0.325. The van der Waals surface area contributed by atoms with Gasteiger partial charge in [-0.1, -0.05) is 39.0 Å². The van der Waals surface area contributed by atoms with Crippen molar-refractivity contribution in [3.63, 3.8) is 0 Å². The lowest BCUT2D eigenvalue weighted by molar-refractivity contribution is -0.385. The van der Waals surface area contributed by atoms with Gasteiger partial charge in [0.1, 0.15) is 11.3 Å². The second-order valence-electron chi connectivity index (χ2n) is 9.83. The van der Waals surface area contributed by atoms with E-state index < -0.39 is 19.1 Å². The van der Waals surface area contributed by atoms with E-state index in [1.807, 2.05) is 24.3 Å². The molecule has 2 aromatic rings. The molecule has 3 rings (SSSR count). The molecule has 0 saturated heterocycles. The van der Waals surface area contributed by atoms with Crippen LogP contribution in [-0.4, -0.2) is 38.9 Å². The van der Waals surface area contributed by atoms with Gasteiger partial charge >= 0.3 is 0 Å². The van der Waals surface area contributed by atoms with Crippen molar-refractivity contribution in [2.45, 2.75) is 58.3 Å². The summed E-state index contributed by atoms with van der Waals surface area (Å²) in [5, 5.41) is 11.8. The van der Waals surface area contributed by atoms with Gasteiger partial charge in [-0.05, 0) is 48.7 Å². The van der Waals surface area contributed by atoms with E-state index in [1.165, 1.54) is 19.2 Å². The van der Waals surface area contributed by atoms with E-state index in [2.05, 4.69) is 33.9 Å². The van der Waals surface area contributed by atoms with Gasteiger partial charge in [0.05, 0.1) is 24.7 Å². The van der Waals surface area contributed by atoms with E-state index in [1.54, 1.807) is 11.8 Å². The van der Waals surface area contributed by atoms with Crippen molar-refractivity contribution < 1.29 is 18.9 Å². The van der Waals surface area contributed by atoms with Crippen LogP contribution in [-0.2, 0) is 10.8 Å². The molecule has 1 aliphatic heterocycles. The molecule has 1 amide bonds. The number of ether oxygens (including phenoxy) is 1. The fraction of sp³-hybridized carbons (Fsp3) is 0.458. The molecule has 0 aromatic heterocycles. The van der Waals surface area contributed by atoms with Crippen LogP contribution >= 0.6 is 0 Å². The maximum atomic E-state index is 13.8. The maximum Gasteiger partial charge on any atom is 0.282 e. The predicted octanol–water partition coefficient (Wildman–Crippen LogP) is 5.51. The molecule has 8 heteroatoms. The van der Waals surface area contributed by atoms with Crippen LogP contribution in [0.2, 0.25) is 18.1 Å². The minimum absolute atomic E-state index is 0.0199. The van der Waals surface area contributed by atoms with Gasteiger partial charge in [0.2, 0.25) is 0 Å². The zero-order chi connectivity index (χ0) is 23.8. The van der Waals surface area contributed by atoms with Crippen LogP contribution in [0, 0.1) is 17.0 Å². The van der Waals surface area contributed by atoms with E-state index in [9.17, 15) is 14.9 Å². The SMILES string of the molecule is COc1cc(C(=O)N2c3ccccc3C[C@H]2CO[Si](C)(C)C(C)(C)C)c([N+](=O)[O-])cc1C. The highest BCUT2D eigenvalue weighted by molar-refractivity contribution is 6.74.